The number of thiol groups is 1. The molecule has 0 unspecified atom stereocenters. The van der Waals surface area contributed by atoms with Gasteiger partial charge in [-0.1, -0.05) is 67.1 Å². The molecule has 2 saturated heterocycles. The molecule has 2 fully saturated rings. The number of nitro benzene ring substituents is 1. The Morgan fingerprint density at radius 1 is 1.00 bits per heavy atom. The standard InChI is InChI=1S/C49H60ClN9O8S2/c1-33(2)47(60)54-68(64)25-23-56(24-26-68)18-17-51-43-12-10-40(29-44(43)59(62)63)69(65,66)55-48(61)41-11-9-38(28-45(41)67-39-27-35-14-16-52-46(35)53-31-39)58-21-19-57(20-22-58)32-36-13-15-49(3,4)30-42(36)34-5-7-37(50)8-6-34/h5-12,14,16,27-29,31,33,51,68H,13,15,17-26,30,32H2,1-4H3,(H,52,53)(H,55,61)(H,54,60,64). The number of carbonyl (C=O) groups excluding carboxylic acids is 2. The maximum absolute atomic E-state index is 14.0. The number of nitrogens with one attached hydrogen (secondary N) is 3. The smallest absolute Gasteiger partial charge is 0.293 e. The molecule has 3 aliphatic rings. The molecule has 1 aliphatic carbocycles. The number of halogens is 1. The molecule has 4 heterocycles. The SMILES string of the molecule is CC(C)C(=O)N=[SH]1(O)CCN(CCNc2ccc(S(=O)(=O)NC(=O)c3ccc(N4CCN(CC5=C(c6ccc(Cl)cc6)CC(C)(C)CC5)CC4)cc3Oc3cnc4[nH]ccc4c3)cc2[N+](=O)[O-])CC1. The lowest BCUT2D eigenvalue weighted by Gasteiger charge is -2.39. The van der Waals surface area contributed by atoms with Crippen molar-refractivity contribution in [2.75, 3.05) is 80.6 Å². The largest absolute Gasteiger partial charge is 0.455 e. The van der Waals surface area contributed by atoms with Gasteiger partial charge in [0, 0.05) is 111 Å². The zero-order valence-electron chi connectivity index (χ0n) is 39.3. The second-order valence-electron chi connectivity index (χ2n) is 19.1. The molecule has 3 aromatic carbocycles. The van der Waals surface area contributed by atoms with Gasteiger partial charge in [0.1, 0.15) is 22.8 Å². The molecular weight excluding hydrogens is 942 g/mol. The Bertz CT molecular complexity index is 2940. The lowest BCUT2D eigenvalue weighted by molar-refractivity contribution is -0.384. The third-order valence-electron chi connectivity index (χ3n) is 13.1. The van der Waals surface area contributed by atoms with Crippen molar-refractivity contribution in [2.45, 2.75) is 51.9 Å². The lowest BCUT2D eigenvalue weighted by Crippen LogP contribution is -2.47. The first-order valence-corrected chi connectivity index (χ1v) is 27.1. The van der Waals surface area contributed by atoms with Crippen LogP contribution >= 0.6 is 11.6 Å². The number of allylic oxidation sites excluding steroid dienone is 1. The Morgan fingerprint density at radius 2 is 1.74 bits per heavy atom. The summed E-state index contributed by atoms with van der Waals surface area (Å²) in [6.07, 6.45) is 6.42. The Hall–Kier alpha value is -5.70. The lowest BCUT2D eigenvalue weighted by atomic mass is 9.72. The molecular formula is C49H60ClN9O8S2. The minimum Gasteiger partial charge on any atom is -0.455 e. The van der Waals surface area contributed by atoms with Crippen LogP contribution in [0.5, 0.6) is 11.5 Å². The van der Waals surface area contributed by atoms with Crippen molar-refractivity contribution >= 4 is 77.2 Å². The topological polar surface area (TPSA) is 216 Å². The molecule has 368 valence electrons. The highest BCUT2D eigenvalue weighted by Gasteiger charge is 2.31. The van der Waals surface area contributed by atoms with Gasteiger partial charge in [0.15, 0.2) is 0 Å². The highest BCUT2D eigenvalue weighted by Crippen LogP contribution is 2.43. The Balaban J connectivity index is 0.955. The number of carbonyl (C=O) groups is 2. The van der Waals surface area contributed by atoms with Gasteiger partial charge in [-0.2, -0.15) is 4.36 Å². The maximum atomic E-state index is 14.0. The van der Waals surface area contributed by atoms with Gasteiger partial charge in [0.05, 0.1) is 21.6 Å². The first kappa shape index (κ1) is 49.7. The average molecular weight is 1000 g/mol. The fourth-order valence-corrected chi connectivity index (χ4v) is 12.3. The van der Waals surface area contributed by atoms with Gasteiger partial charge in [-0.05, 0) is 84.3 Å². The second-order valence-corrected chi connectivity index (χ2v) is 24.1. The third kappa shape index (κ3) is 12.2. The minimum absolute atomic E-state index is 0.0664. The summed E-state index contributed by atoms with van der Waals surface area (Å²) in [6.45, 7) is 13.8. The molecule has 0 saturated carbocycles. The minimum atomic E-state index is -4.62. The number of H-pyrrole nitrogens is 1. The number of benzene rings is 3. The Morgan fingerprint density at radius 3 is 2.45 bits per heavy atom. The molecule has 2 aliphatic heterocycles. The van der Waals surface area contributed by atoms with Crippen LogP contribution in [0.4, 0.5) is 17.1 Å². The Labute approximate surface area is 408 Å². The van der Waals surface area contributed by atoms with Crippen molar-refractivity contribution in [3.8, 4) is 11.5 Å². The molecule has 2 amide bonds. The monoisotopic (exact) mass is 1000 g/mol. The van der Waals surface area contributed by atoms with Gasteiger partial charge in [-0.15, -0.1) is 0 Å². The third-order valence-corrected chi connectivity index (χ3v) is 17.1. The predicted molar refractivity (Wildman–Crippen MR) is 273 cm³/mol. The number of sulfonamides is 1. The van der Waals surface area contributed by atoms with Gasteiger partial charge in [-0.25, -0.2) is 18.1 Å². The normalized spacial score (nSPS) is 18.2. The van der Waals surface area contributed by atoms with Crippen LogP contribution in [0.1, 0.15) is 62.9 Å². The number of hydrogen-bond donors (Lipinski definition) is 5. The molecule has 17 nitrogen and oxygen atoms in total. The number of hydrogen-bond acceptors (Lipinski definition) is 12. The van der Waals surface area contributed by atoms with E-state index in [1.165, 1.54) is 41.1 Å². The summed E-state index contributed by atoms with van der Waals surface area (Å²) in [5, 5.41) is 16.8. The van der Waals surface area contributed by atoms with E-state index in [2.05, 4.69) is 65.0 Å². The van der Waals surface area contributed by atoms with E-state index in [-0.39, 0.29) is 40.8 Å². The summed E-state index contributed by atoms with van der Waals surface area (Å²) >= 11 is 6.25. The highest BCUT2D eigenvalue weighted by atomic mass is 35.5. The fourth-order valence-electron chi connectivity index (χ4n) is 8.99. The van der Waals surface area contributed by atoms with Gasteiger partial charge in [-0.3, -0.25) is 29.5 Å². The number of ether oxygens (including phenoxy) is 1. The molecule has 20 heteroatoms. The van der Waals surface area contributed by atoms with Crippen molar-refractivity contribution in [3.05, 3.63) is 117 Å². The molecule has 5 aromatic rings. The molecule has 8 rings (SSSR count). The van der Waals surface area contributed by atoms with Crippen LogP contribution in [0.3, 0.4) is 0 Å². The van der Waals surface area contributed by atoms with E-state index >= 15 is 0 Å². The molecule has 69 heavy (non-hydrogen) atoms. The number of rotatable bonds is 15. The first-order chi connectivity index (χ1) is 32.8. The van der Waals surface area contributed by atoms with Crippen LogP contribution in [-0.4, -0.2) is 120 Å². The Kier molecular flexibility index (Phi) is 14.9. The van der Waals surface area contributed by atoms with E-state index in [4.69, 9.17) is 16.3 Å². The van der Waals surface area contributed by atoms with E-state index in [0.717, 1.165) is 61.1 Å². The van der Waals surface area contributed by atoms with Crippen LogP contribution in [0.25, 0.3) is 16.6 Å². The molecule has 0 radical (unpaired) electrons. The van der Waals surface area contributed by atoms with E-state index in [1.807, 2.05) is 18.2 Å². The van der Waals surface area contributed by atoms with Gasteiger partial charge >= 0.3 is 0 Å². The van der Waals surface area contributed by atoms with Crippen molar-refractivity contribution in [1.82, 2.24) is 24.5 Å². The summed E-state index contributed by atoms with van der Waals surface area (Å²) in [6, 6.07) is 20.2. The van der Waals surface area contributed by atoms with Crippen LogP contribution < -0.4 is 19.7 Å². The number of amides is 2. The van der Waals surface area contributed by atoms with Crippen molar-refractivity contribution in [2.24, 2.45) is 15.7 Å². The van der Waals surface area contributed by atoms with Crippen molar-refractivity contribution in [1.29, 1.82) is 0 Å². The summed E-state index contributed by atoms with van der Waals surface area (Å²) in [5.74, 6) is -0.383. The molecule has 0 spiro atoms. The van der Waals surface area contributed by atoms with Crippen LogP contribution in [0, 0.1) is 21.4 Å². The highest BCUT2D eigenvalue weighted by molar-refractivity contribution is 8.00. The molecule has 0 atom stereocenters. The van der Waals surface area contributed by atoms with E-state index in [9.17, 15) is 32.7 Å². The number of nitro groups is 1. The molecule has 0 bridgehead atoms. The number of pyridine rings is 1. The zero-order valence-corrected chi connectivity index (χ0v) is 41.7. The van der Waals surface area contributed by atoms with E-state index < -0.39 is 41.5 Å². The van der Waals surface area contributed by atoms with E-state index in [0.29, 0.717) is 55.6 Å². The number of anilines is 2. The van der Waals surface area contributed by atoms with Gasteiger partial charge < -0.3 is 24.5 Å². The number of fused-ring (bicyclic) bond motifs is 1. The summed E-state index contributed by atoms with van der Waals surface area (Å²) < 4.78 is 51.0. The van der Waals surface area contributed by atoms with Crippen molar-refractivity contribution < 1.29 is 32.2 Å². The fraction of sp³-hybridized carbons (Fsp3) is 0.408. The zero-order chi connectivity index (χ0) is 49.1. The second kappa shape index (κ2) is 20.7. The summed E-state index contributed by atoms with van der Waals surface area (Å²) in [4.78, 5) is 51.4. The average Bonchev–Trinajstić information content (AvgIpc) is 3.79. The summed E-state index contributed by atoms with van der Waals surface area (Å²) in [7, 11) is -7.33. The maximum Gasteiger partial charge on any atom is 0.293 e. The van der Waals surface area contributed by atoms with Crippen LogP contribution in [0.15, 0.2) is 100 Å². The van der Waals surface area contributed by atoms with Crippen LogP contribution in [0.2, 0.25) is 5.02 Å². The number of aromatic amines is 1. The van der Waals surface area contributed by atoms with Gasteiger partial charge in [0.25, 0.3) is 27.5 Å². The number of aromatic nitrogens is 2. The van der Waals surface area contributed by atoms with Crippen LogP contribution in [-0.2, 0) is 24.9 Å². The molecule has 2 aromatic heterocycles. The van der Waals surface area contributed by atoms with Gasteiger partial charge in [0.2, 0.25) is 0 Å². The number of nitrogens with zero attached hydrogens (tertiary/aromatic N) is 6. The number of piperazine rings is 1. The van der Waals surface area contributed by atoms with Crippen molar-refractivity contribution in [3.63, 3.8) is 0 Å². The predicted octanol–water partition coefficient (Wildman–Crippen LogP) is 8.27. The quantitative estimate of drug-likeness (QED) is 0.0380. The summed E-state index contributed by atoms with van der Waals surface area (Å²) in [5.41, 5.74) is 5.26. The van der Waals surface area contributed by atoms with E-state index in [1.54, 1.807) is 38.2 Å². The molecule has 4 N–H and O–H groups in total. The first-order valence-electron chi connectivity index (χ1n) is 23.2.